The number of carbonyl (C=O) groups is 1. The van der Waals surface area contributed by atoms with Crippen LogP contribution in [-0.2, 0) is 17.8 Å². The third kappa shape index (κ3) is 5.38. The van der Waals surface area contributed by atoms with Gasteiger partial charge in [-0.05, 0) is 37.4 Å². The molecule has 218 valence electrons. The van der Waals surface area contributed by atoms with Crippen molar-refractivity contribution in [3.05, 3.63) is 77.8 Å². The Morgan fingerprint density at radius 3 is 2.76 bits per heavy atom. The topological polar surface area (TPSA) is 89.6 Å². The number of fused-ring (bicyclic) bond motifs is 2. The van der Waals surface area contributed by atoms with Crippen molar-refractivity contribution in [1.82, 2.24) is 19.8 Å². The molecule has 3 aromatic rings. The highest BCUT2D eigenvalue weighted by Gasteiger charge is 2.35. The maximum Gasteiger partial charge on any atom is 0.318 e. The van der Waals surface area contributed by atoms with Crippen molar-refractivity contribution in [2.24, 2.45) is 0 Å². The molecule has 1 N–H and O–H groups in total. The second-order valence-corrected chi connectivity index (χ2v) is 11.3. The summed E-state index contributed by atoms with van der Waals surface area (Å²) in [5.74, 6) is 0.663. The molecule has 0 aliphatic carbocycles. The molecule has 3 aliphatic rings. The molecule has 1 aromatic heterocycles. The van der Waals surface area contributed by atoms with Gasteiger partial charge >= 0.3 is 6.01 Å². The summed E-state index contributed by atoms with van der Waals surface area (Å²) in [5, 5.41) is 12.9. The number of hydrogen-bond donors (Lipinski definition) is 1. The molecule has 0 saturated carbocycles. The fourth-order valence-electron chi connectivity index (χ4n) is 6.51. The maximum atomic E-state index is 12.5. The van der Waals surface area contributed by atoms with Crippen molar-refractivity contribution in [2.75, 3.05) is 62.7 Å². The lowest BCUT2D eigenvalue weighted by Gasteiger charge is -2.41. The van der Waals surface area contributed by atoms with Crippen LogP contribution in [0.25, 0.3) is 15.6 Å². The summed E-state index contributed by atoms with van der Waals surface area (Å²) in [4.78, 5) is 34.4. The summed E-state index contributed by atoms with van der Waals surface area (Å²) in [6.45, 7) is 15.5. The van der Waals surface area contributed by atoms with E-state index in [2.05, 4.69) is 68.6 Å². The molecule has 10 heteroatoms. The highest BCUT2D eigenvalue weighted by atomic mass is 16.5. The minimum atomic E-state index is -0.446. The summed E-state index contributed by atoms with van der Waals surface area (Å²) >= 11 is 0. The van der Waals surface area contributed by atoms with Crippen LogP contribution in [0, 0.1) is 6.57 Å². The van der Waals surface area contributed by atoms with E-state index in [4.69, 9.17) is 21.3 Å². The average molecular weight is 568 g/mol. The Kier molecular flexibility index (Phi) is 7.96. The van der Waals surface area contributed by atoms with Crippen LogP contribution in [-0.4, -0.2) is 102 Å². The summed E-state index contributed by atoms with van der Waals surface area (Å²) in [7, 11) is 1.99. The number of piperazine rings is 1. The molecule has 1 amide bonds. The first-order valence-corrected chi connectivity index (χ1v) is 14.6. The molecule has 0 radical (unpaired) electrons. The molecular formula is C32H37N7O3. The molecule has 10 nitrogen and oxygen atoms in total. The van der Waals surface area contributed by atoms with Crippen LogP contribution in [0.5, 0.6) is 6.01 Å². The summed E-state index contributed by atoms with van der Waals surface area (Å²) in [6, 6.07) is 14.7. The van der Waals surface area contributed by atoms with Crippen LogP contribution in [0.3, 0.4) is 0 Å². The number of aromatic nitrogens is 2. The predicted molar refractivity (Wildman–Crippen MR) is 163 cm³/mol. The van der Waals surface area contributed by atoms with Gasteiger partial charge in [0.25, 0.3) is 0 Å². The number of likely N-dealkylation sites (N-methyl/N-ethyl adjacent to an activating group) is 1. The molecule has 2 fully saturated rings. The lowest BCUT2D eigenvalue weighted by Crippen LogP contribution is -2.56. The first-order chi connectivity index (χ1) is 20.5. The predicted octanol–water partition coefficient (Wildman–Crippen LogP) is 2.76. The third-order valence-corrected chi connectivity index (χ3v) is 8.84. The highest BCUT2D eigenvalue weighted by Crippen LogP contribution is 2.35. The van der Waals surface area contributed by atoms with Crippen LogP contribution in [0.2, 0.25) is 0 Å². The fraction of sp³-hybridized carbons (Fsp3) is 0.438. The van der Waals surface area contributed by atoms with Gasteiger partial charge in [-0.15, -0.1) is 0 Å². The van der Waals surface area contributed by atoms with Crippen molar-refractivity contribution >= 4 is 28.2 Å². The molecule has 4 heterocycles. The molecule has 6 rings (SSSR count). The number of ether oxygens (including phenoxy) is 1. The lowest BCUT2D eigenvalue weighted by atomic mass is 10.0. The average Bonchev–Trinajstić information content (AvgIpc) is 3.34. The van der Waals surface area contributed by atoms with Crippen molar-refractivity contribution in [1.29, 1.82) is 0 Å². The normalized spacial score (nSPS) is 22.6. The van der Waals surface area contributed by atoms with Gasteiger partial charge < -0.3 is 29.4 Å². The number of rotatable bonds is 7. The molecule has 42 heavy (non-hydrogen) atoms. The summed E-state index contributed by atoms with van der Waals surface area (Å²) in [5.41, 5.74) is 3.17. The van der Waals surface area contributed by atoms with Gasteiger partial charge in [-0.1, -0.05) is 43.0 Å². The van der Waals surface area contributed by atoms with Gasteiger partial charge in [0.05, 0.1) is 24.4 Å². The minimum Gasteiger partial charge on any atom is -0.462 e. The zero-order valence-electron chi connectivity index (χ0n) is 24.0. The van der Waals surface area contributed by atoms with E-state index in [0.717, 1.165) is 43.0 Å². The molecule has 0 unspecified atom stereocenters. The van der Waals surface area contributed by atoms with E-state index in [9.17, 15) is 9.90 Å². The van der Waals surface area contributed by atoms with E-state index in [1.807, 2.05) is 7.05 Å². The first-order valence-electron chi connectivity index (χ1n) is 14.6. The van der Waals surface area contributed by atoms with Gasteiger partial charge in [0.15, 0.2) is 0 Å². The largest absolute Gasteiger partial charge is 0.462 e. The van der Waals surface area contributed by atoms with Gasteiger partial charge in [-0.3, -0.25) is 9.69 Å². The number of hydrogen-bond acceptors (Lipinski definition) is 8. The Balaban J connectivity index is 1.33. The van der Waals surface area contributed by atoms with Crippen LogP contribution in [0.1, 0.15) is 17.7 Å². The van der Waals surface area contributed by atoms with Gasteiger partial charge in [-0.25, -0.2) is 6.57 Å². The number of aliphatic hydroxyl groups is 1. The van der Waals surface area contributed by atoms with Gasteiger partial charge in [0.2, 0.25) is 12.5 Å². The van der Waals surface area contributed by atoms with E-state index in [1.165, 1.54) is 22.5 Å². The standard InChI is InChI=1S/C32H37N7O3/c1-4-30(41)39-17-16-38(19-23(39)18-33-2)31-25-12-15-37(27-11-7-9-22-8-5-6-10-24(22)27)20-26(25)34-32(35-31)42-21-28-29(40)13-14-36(28)3/h4-11,23,28-29,40H,1,12-21H2,3H3/t23-,28+,29-/m0/s1. The molecule has 2 saturated heterocycles. The van der Waals surface area contributed by atoms with Gasteiger partial charge in [0, 0.05) is 49.4 Å². The highest BCUT2D eigenvalue weighted by molar-refractivity contribution is 5.94. The van der Waals surface area contributed by atoms with Crippen molar-refractivity contribution in [3.63, 3.8) is 0 Å². The Morgan fingerprint density at radius 1 is 1.14 bits per heavy atom. The number of likely N-dealkylation sites (tertiary alicyclic amines) is 1. The number of aliphatic hydroxyl groups excluding tert-OH is 1. The molecular weight excluding hydrogens is 530 g/mol. The van der Waals surface area contributed by atoms with Gasteiger partial charge in [-0.2, -0.15) is 9.97 Å². The minimum absolute atomic E-state index is 0.114. The number of anilines is 2. The van der Waals surface area contributed by atoms with Crippen molar-refractivity contribution < 1.29 is 14.6 Å². The lowest BCUT2D eigenvalue weighted by molar-refractivity contribution is -0.128. The SMILES string of the molecule is [C-]#[N+]C[C@H]1CN(c2nc(OC[C@@H]3[C@@H](O)CCN3C)nc3c2CCN(c2cccc4ccccc24)C3)CCN1C(=O)C=C. The summed E-state index contributed by atoms with van der Waals surface area (Å²) < 4.78 is 6.20. The quantitative estimate of drug-likeness (QED) is 0.345. The number of benzene rings is 2. The number of amides is 1. The Labute approximate surface area is 246 Å². The van der Waals surface area contributed by atoms with Gasteiger partial charge in [0.1, 0.15) is 18.5 Å². The zero-order chi connectivity index (χ0) is 29.2. The Morgan fingerprint density at radius 2 is 1.98 bits per heavy atom. The van der Waals surface area contributed by atoms with E-state index in [0.29, 0.717) is 38.8 Å². The third-order valence-electron chi connectivity index (χ3n) is 8.84. The maximum absolute atomic E-state index is 12.5. The molecule has 3 aliphatic heterocycles. The smallest absolute Gasteiger partial charge is 0.318 e. The Hall–Kier alpha value is -4.20. The number of carbonyl (C=O) groups excluding carboxylic acids is 1. The fourth-order valence-corrected chi connectivity index (χ4v) is 6.51. The van der Waals surface area contributed by atoms with E-state index >= 15 is 0 Å². The first kappa shape index (κ1) is 27.9. The Bertz CT molecular complexity index is 1510. The van der Waals surface area contributed by atoms with E-state index < -0.39 is 6.10 Å². The van der Waals surface area contributed by atoms with Crippen LogP contribution in [0.4, 0.5) is 11.5 Å². The summed E-state index contributed by atoms with van der Waals surface area (Å²) in [6.07, 6.45) is 2.36. The number of nitrogens with zero attached hydrogens (tertiary/aromatic N) is 7. The van der Waals surface area contributed by atoms with Crippen LogP contribution < -0.4 is 14.5 Å². The molecule has 3 atom stereocenters. The molecule has 0 spiro atoms. The monoisotopic (exact) mass is 567 g/mol. The molecule has 2 aromatic carbocycles. The van der Waals surface area contributed by atoms with Crippen LogP contribution in [0.15, 0.2) is 55.1 Å². The molecule has 0 bridgehead atoms. The second-order valence-electron chi connectivity index (χ2n) is 11.3. The van der Waals surface area contributed by atoms with Crippen LogP contribution >= 0.6 is 0 Å². The second kappa shape index (κ2) is 12.0. The zero-order valence-corrected chi connectivity index (χ0v) is 24.0. The van der Waals surface area contributed by atoms with E-state index in [1.54, 1.807) is 4.90 Å². The van der Waals surface area contributed by atoms with E-state index in [-0.39, 0.29) is 24.5 Å². The van der Waals surface area contributed by atoms with Crippen molar-refractivity contribution in [2.45, 2.75) is 37.6 Å². The van der Waals surface area contributed by atoms with Crippen molar-refractivity contribution in [3.8, 4) is 6.01 Å².